The lowest BCUT2D eigenvalue weighted by molar-refractivity contribution is -0.153. The minimum atomic E-state index is -1.76. The molecule has 3 aliphatic heterocycles. The summed E-state index contributed by atoms with van der Waals surface area (Å²) >= 11 is 0. The van der Waals surface area contributed by atoms with E-state index in [0.717, 1.165) is 0 Å². The maximum atomic E-state index is 15.6. The molecular formula is C19H18FN5O6. The number of ether oxygens (including phenoxy) is 1. The van der Waals surface area contributed by atoms with E-state index in [-0.39, 0.29) is 47.0 Å². The van der Waals surface area contributed by atoms with Gasteiger partial charge in [0.25, 0.3) is 5.91 Å². The maximum absolute atomic E-state index is 15.6. The Morgan fingerprint density at radius 2 is 1.97 bits per heavy atom. The normalized spacial score (nSPS) is 27.0. The maximum Gasteiger partial charge on any atom is 0.328 e. The number of barbiturate groups is 1. The van der Waals surface area contributed by atoms with Crippen LogP contribution < -0.4 is 21.3 Å². The Kier molecular flexibility index (Phi) is 3.91. The van der Waals surface area contributed by atoms with Gasteiger partial charge in [0.05, 0.1) is 29.3 Å². The number of rotatable bonds is 1. The van der Waals surface area contributed by atoms with E-state index in [1.165, 1.54) is 6.07 Å². The summed E-state index contributed by atoms with van der Waals surface area (Å²) in [7, 11) is 0. The summed E-state index contributed by atoms with van der Waals surface area (Å²) in [5, 5.41) is 7.91. The van der Waals surface area contributed by atoms with Gasteiger partial charge < -0.3 is 19.9 Å². The third-order valence-electron chi connectivity index (χ3n) is 6.20. The molecule has 12 heteroatoms. The van der Waals surface area contributed by atoms with Gasteiger partial charge in [0.1, 0.15) is 0 Å². The van der Waals surface area contributed by atoms with Gasteiger partial charge in [0.2, 0.25) is 17.4 Å². The number of morpholine rings is 1. The number of aromatic nitrogens is 1. The van der Waals surface area contributed by atoms with Crippen molar-refractivity contribution < 1.29 is 32.8 Å². The third kappa shape index (κ3) is 2.45. The van der Waals surface area contributed by atoms with Crippen LogP contribution in [0.25, 0.3) is 11.0 Å². The summed E-state index contributed by atoms with van der Waals surface area (Å²) < 4.78 is 26.6. The molecule has 0 saturated carbocycles. The lowest BCUT2D eigenvalue weighted by Gasteiger charge is -2.55. The summed E-state index contributed by atoms with van der Waals surface area (Å²) in [6.07, 6.45) is -1.21. The summed E-state index contributed by atoms with van der Waals surface area (Å²) in [6, 6.07) is -0.369. The van der Waals surface area contributed by atoms with Crippen LogP contribution in [0.4, 0.5) is 14.9 Å². The highest BCUT2D eigenvalue weighted by Crippen LogP contribution is 2.49. The minimum absolute atomic E-state index is 0.0411. The van der Waals surface area contributed by atoms with Crippen molar-refractivity contribution in [2.45, 2.75) is 38.5 Å². The number of hydrogen-bond donors (Lipinski definition) is 3. The van der Waals surface area contributed by atoms with Gasteiger partial charge in [0, 0.05) is 13.0 Å². The van der Waals surface area contributed by atoms with Crippen LogP contribution >= 0.6 is 0 Å². The SMILES string of the molecule is C[C@@H]1CN2c3c(cc4c(C(N)=O)noc4c3F)CC3(C(=O)NC(=O)NC3=O)[C@@H]2[C@H](C)O1. The molecule has 5 amide bonds. The van der Waals surface area contributed by atoms with E-state index >= 15 is 4.39 Å². The predicted molar refractivity (Wildman–Crippen MR) is 101 cm³/mol. The van der Waals surface area contributed by atoms with Gasteiger partial charge in [-0.1, -0.05) is 5.16 Å². The quantitative estimate of drug-likeness (QED) is 0.531. The minimum Gasteiger partial charge on any atom is -0.372 e. The number of primary amides is 1. The van der Waals surface area contributed by atoms with Crippen molar-refractivity contribution >= 4 is 40.4 Å². The lowest BCUT2D eigenvalue weighted by atomic mass is 9.66. The molecular weight excluding hydrogens is 413 g/mol. The predicted octanol–water partition coefficient (Wildman–Crippen LogP) is -0.0435. The Bertz CT molecular complexity index is 1170. The first-order valence-corrected chi connectivity index (χ1v) is 9.64. The zero-order valence-electron chi connectivity index (χ0n) is 16.5. The average Bonchev–Trinajstić information content (AvgIpc) is 3.09. The number of benzene rings is 1. The van der Waals surface area contributed by atoms with E-state index < -0.39 is 47.1 Å². The van der Waals surface area contributed by atoms with Crippen LogP contribution in [0, 0.1) is 11.2 Å². The summed E-state index contributed by atoms with van der Waals surface area (Å²) in [5.74, 6) is -3.28. The second-order valence-electron chi connectivity index (χ2n) is 8.10. The molecule has 0 aliphatic carbocycles. The van der Waals surface area contributed by atoms with Gasteiger partial charge in [-0.3, -0.25) is 25.0 Å². The summed E-state index contributed by atoms with van der Waals surface area (Å²) in [5.41, 5.74) is 3.46. The molecule has 31 heavy (non-hydrogen) atoms. The number of carbonyl (C=O) groups excluding carboxylic acids is 4. The van der Waals surface area contributed by atoms with Crippen molar-refractivity contribution in [2.75, 3.05) is 11.4 Å². The highest BCUT2D eigenvalue weighted by Gasteiger charge is 2.63. The van der Waals surface area contributed by atoms with Crippen LogP contribution in [0.15, 0.2) is 10.6 Å². The molecule has 1 aromatic carbocycles. The highest BCUT2D eigenvalue weighted by atomic mass is 19.1. The largest absolute Gasteiger partial charge is 0.372 e. The van der Waals surface area contributed by atoms with Crippen LogP contribution in [-0.2, 0) is 20.7 Å². The van der Waals surface area contributed by atoms with Crippen LogP contribution in [-0.4, -0.2) is 53.7 Å². The van der Waals surface area contributed by atoms with E-state index in [9.17, 15) is 19.2 Å². The Morgan fingerprint density at radius 1 is 1.29 bits per heavy atom. The van der Waals surface area contributed by atoms with Crippen molar-refractivity contribution in [3.05, 3.63) is 23.1 Å². The molecule has 2 aromatic rings. The van der Waals surface area contributed by atoms with E-state index in [4.69, 9.17) is 15.0 Å². The van der Waals surface area contributed by atoms with Gasteiger partial charge in [-0.25, -0.2) is 9.18 Å². The van der Waals surface area contributed by atoms with Gasteiger partial charge in [-0.15, -0.1) is 0 Å². The van der Waals surface area contributed by atoms with Gasteiger partial charge in [-0.2, -0.15) is 0 Å². The van der Waals surface area contributed by atoms with Crippen LogP contribution in [0.2, 0.25) is 0 Å². The van der Waals surface area contributed by atoms with E-state index in [1.807, 2.05) is 0 Å². The van der Waals surface area contributed by atoms with Gasteiger partial charge in [0.15, 0.2) is 16.9 Å². The second-order valence-corrected chi connectivity index (χ2v) is 8.10. The fourth-order valence-electron chi connectivity index (χ4n) is 5.13. The first-order chi connectivity index (χ1) is 14.6. The number of anilines is 1. The second kappa shape index (κ2) is 6.23. The number of halogens is 1. The summed E-state index contributed by atoms with van der Waals surface area (Å²) in [4.78, 5) is 51.2. The van der Waals surface area contributed by atoms with Gasteiger partial charge >= 0.3 is 6.03 Å². The molecule has 3 atom stereocenters. The number of amides is 5. The Morgan fingerprint density at radius 3 is 2.61 bits per heavy atom. The monoisotopic (exact) mass is 431 g/mol. The topological polar surface area (TPSA) is 157 Å². The molecule has 4 heterocycles. The first kappa shape index (κ1) is 19.4. The standard InChI is InChI=1S/C19H18FN5O6/c1-6-5-25-12-8(3-9-11(15(21)26)24-31-13(9)10(12)20)4-19(14(25)7(2)30-6)16(27)22-18(29)23-17(19)28/h3,6-7,14H,4-5H2,1-2H3,(H2,21,26)(H2,22,23,27,28,29)/t6-,7+,14+/m1/s1. The molecule has 162 valence electrons. The average molecular weight is 431 g/mol. The third-order valence-corrected chi connectivity index (χ3v) is 6.20. The van der Waals surface area contributed by atoms with Crippen molar-refractivity contribution in [3.63, 3.8) is 0 Å². The smallest absolute Gasteiger partial charge is 0.328 e. The van der Waals surface area contributed by atoms with Crippen molar-refractivity contribution in [1.82, 2.24) is 15.8 Å². The fraction of sp³-hybridized carbons (Fsp3) is 0.421. The van der Waals surface area contributed by atoms with Gasteiger partial charge in [-0.05, 0) is 25.5 Å². The molecule has 2 fully saturated rings. The first-order valence-electron chi connectivity index (χ1n) is 9.64. The van der Waals surface area contributed by atoms with Crippen LogP contribution in [0.5, 0.6) is 0 Å². The molecule has 3 aliphatic rings. The fourth-order valence-corrected chi connectivity index (χ4v) is 5.13. The number of urea groups is 1. The molecule has 0 bridgehead atoms. The molecule has 0 unspecified atom stereocenters. The molecule has 2 saturated heterocycles. The number of carbonyl (C=O) groups is 4. The van der Waals surface area contributed by atoms with E-state index in [0.29, 0.717) is 0 Å². The zero-order chi connectivity index (χ0) is 22.2. The Labute approximate surface area is 174 Å². The Balaban J connectivity index is 1.80. The summed E-state index contributed by atoms with van der Waals surface area (Å²) in [6.45, 7) is 3.65. The van der Waals surface area contributed by atoms with Crippen molar-refractivity contribution in [1.29, 1.82) is 0 Å². The Hall–Kier alpha value is -3.54. The number of nitrogens with one attached hydrogen (secondary N) is 2. The number of nitrogens with two attached hydrogens (primary N) is 1. The molecule has 1 spiro atoms. The molecule has 11 nitrogen and oxygen atoms in total. The van der Waals surface area contributed by atoms with E-state index in [2.05, 4.69) is 15.8 Å². The molecule has 5 rings (SSSR count). The number of imide groups is 2. The number of fused-ring (bicyclic) bond motifs is 5. The highest BCUT2D eigenvalue weighted by molar-refractivity contribution is 6.20. The van der Waals surface area contributed by atoms with Crippen LogP contribution in [0.3, 0.4) is 0 Å². The van der Waals surface area contributed by atoms with E-state index in [1.54, 1.807) is 18.7 Å². The molecule has 0 radical (unpaired) electrons. The number of hydrogen-bond acceptors (Lipinski definition) is 8. The number of nitrogens with zero attached hydrogens (tertiary/aromatic N) is 2. The lowest BCUT2D eigenvalue weighted by Crippen LogP contribution is -2.75. The van der Waals surface area contributed by atoms with Crippen LogP contribution in [0.1, 0.15) is 29.9 Å². The van der Waals surface area contributed by atoms with Crippen molar-refractivity contribution in [3.8, 4) is 0 Å². The van der Waals surface area contributed by atoms with Crippen molar-refractivity contribution in [2.24, 2.45) is 11.1 Å². The molecule has 1 aromatic heterocycles. The zero-order valence-corrected chi connectivity index (χ0v) is 16.5. The molecule has 4 N–H and O–H groups in total.